The summed E-state index contributed by atoms with van der Waals surface area (Å²) in [4.78, 5) is 14.6. The topological polar surface area (TPSA) is 106 Å². The molecule has 4 rings (SSSR count). The number of likely N-dealkylation sites (tertiary alicyclic amines) is 1. The lowest BCUT2D eigenvalue weighted by molar-refractivity contribution is -0.0784. The largest absolute Gasteiger partial charge is 0.385 e. The van der Waals surface area contributed by atoms with Gasteiger partial charge in [-0.25, -0.2) is 8.78 Å². The van der Waals surface area contributed by atoms with Crippen LogP contribution in [-0.2, 0) is 0 Å². The van der Waals surface area contributed by atoms with Crippen molar-refractivity contribution in [1.82, 2.24) is 25.6 Å². The van der Waals surface area contributed by atoms with E-state index in [1.54, 1.807) is 13.0 Å². The van der Waals surface area contributed by atoms with E-state index in [-0.39, 0.29) is 41.1 Å². The number of hydrogen-bond donors (Lipinski definition) is 4. The zero-order valence-corrected chi connectivity index (χ0v) is 22.0. The Hall–Kier alpha value is -3.11. The van der Waals surface area contributed by atoms with Crippen molar-refractivity contribution in [3.8, 4) is 0 Å². The first-order valence-corrected chi connectivity index (χ1v) is 12.6. The first kappa shape index (κ1) is 29.1. The van der Waals surface area contributed by atoms with Gasteiger partial charge in [-0.3, -0.25) is 4.79 Å². The fourth-order valence-corrected chi connectivity index (χ4v) is 3.81. The highest BCUT2D eigenvalue weighted by atomic mass is 19.1. The summed E-state index contributed by atoms with van der Waals surface area (Å²) < 4.78 is 29.7. The Morgan fingerprint density at radius 2 is 1.86 bits per heavy atom. The molecule has 1 saturated heterocycles. The molecule has 2 heterocycles. The van der Waals surface area contributed by atoms with E-state index >= 15 is 4.39 Å². The van der Waals surface area contributed by atoms with Crippen LogP contribution >= 0.6 is 0 Å². The maximum Gasteiger partial charge on any atom is 0.256 e. The van der Waals surface area contributed by atoms with Gasteiger partial charge in [-0.2, -0.15) is 15.4 Å². The van der Waals surface area contributed by atoms with E-state index in [1.165, 1.54) is 23.1 Å². The minimum Gasteiger partial charge on any atom is -0.385 e. The van der Waals surface area contributed by atoms with Gasteiger partial charge in [-0.15, -0.1) is 0 Å². The number of carbonyl (C=O) groups excluding carboxylic acids is 1. The van der Waals surface area contributed by atoms with Gasteiger partial charge < -0.3 is 20.6 Å². The number of amides is 1. The molecule has 1 aliphatic heterocycles. The van der Waals surface area contributed by atoms with Gasteiger partial charge in [0.1, 0.15) is 16.9 Å². The lowest BCUT2D eigenvalue weighted by Gasteiger charge is -2.46. The summed E-state index contributed by atoms with van der Waals surface area (Å²) in [6.45, 7) is 13.2. The molecule has 2 aromatic carbocycles. The van der Waals surface area contributed by atoms with Crippen molar-refractivity contribution in [3.05, 3.63) is 47.0 Å². The highest BCUT2D eigenvalue weighted by molar-refractivity contribution is 6.04. The van der Waals surface area contributed by atoms with Crippen LogP contribution in [-0.4, -0.2) is 63.1 Å². The number of anilines is 2. The molecule has 3 aromatic rings. The van der Waals surface area contributed by atoms with Crippen molar-refractivity contribution in [2.45, 2.75) is 60.0 Å². The summed E-state index contributed by atoms with van der Waals surface area (Å²) in [5.41, 5.74) is -0.359. The Balaban J connectivity index is 0.00000109. The molecular weight excluding hydrogens is 466 g/mol. The molecular formula is C26H38F2N6O2. The van der Waals surface area contributed by atoms with Gasteiger partial charge in [0.15, 0.2) is 11.3 Å². The molecule has 0 spiro atoms. The quantitative estimate of drug-likeness (QED) is 0.325. The molecule has 0 atom stereocenters. The van der Waals surface area contributed by atoms with Crippen LogP contribution in [0.25, 0.3) is 11.0 Å². The zero-order chi connectivity index (χ0) is 26.9. The third kappa shape index (κ3) is 6.55. The summed E-state index contributed by atoms with van der Waals surface area (Å²) in [5, 5.41) is 26.5. The molecule has 1 amide bonds. The Kier molecular flexibility index (Phi) is 10.7. The second-order valence-electron chi connectivity index (χ2n) is 8.33. The Labute approximate surface area is 211 Å². The number of aromatic amines is 1. The van der Waals surface area contributed by atoms with Crippen molar-refractivity contribution in [2.75, 3.05) is 31.5 Å². The van der Waals surface area contributed by atoms with E-state index in [0.717, 1.165) is 19.4 Å². The van der Waals surface area contributed by atoms with Crippen molar-refractivity contribution < 1.29 is 18.7 Å². The van der Waals surface area contributed by atoms with Crippen LogP contribution < -0.4 is 10.6 Å². The maximum absolute atomic E-state index is 15.3. The minimum atomic E-state index is -1.03. The van der Waals surface area contributed by atoms with Crippen LogP contribution in [0.1, 0.15) is 63.4 Å². The van der Waals surface area contributed by atoms with Crippen molar-refractivity contribution >= 4 is 28.3 Å². The fraction of sp³-hybridized carbons (Fsp3) is 0.500. The zero-order valence-electron chi connectivity index (χ0n) is 22.0. The number of rotatable bonds is 8. The SMILES string of the molecule is CC.CC.CCCCNCC1(O)CN(C(=O)c2cc3n[nH]nc3c(F)c2Nc2ccc(C)cc2F)C1. The van der Waals surface area contributed by atoms with E-state index in [0.29, 0.717) is 12.1 Å². The Bertz CT molecular complexity index is 1140. The van der Waals surface area contributed by atoms with Crippen molar-refractivity contribution in [3.63, 3.8) is 0 Å². The summed E-state index contributed by atoms with van der Waals surface area (Å²) in [7, 11) is 0. The lowest BCUT2D eigenvalue weighted by Crippen LogP contribution is -2.67. The van der Waals surface area contributed by atoms with Gasteiger partial charge in [0.25, 0.3) is 5.91 Å². The lowest BCUT2D eigenvalue weighted by atomic mass is 9.92. The van der Waals surface area contributed by atoms with Gasteiger partial charge in [0, 0.05) is 6.54 Å². The van der Waals surface area contributed by atoms with E-state index in [4.69, 9.17) is 0 Å². The number of halogens is 2. The molecule has 4 N–H and O–H groups in total. The van der Waals surface area contributed by atoms with E-state index in [2.05, 4.69) is 33.0 Å². The van der Waals surface area contributed by atoms with Crippen LogP contribution in [0.15, 0.2) is 24.3 Å². The Morgan fingerprint density at radius 1 is 1.17 bits per heavy atom. The van der Waals surface area contributed by atoms with E-state index in [1.807, 2.05) is 27.7 Å². The number of benzene rings is 2. The van der Waals surface area contributed by atoms with Crippen LogP contribution in [0.2, 0.25) is 0 Å². The average Bonchev–Trinajstić information content (AvgIpc) is 3.34. The molecule has 0 radical (unpaired) electrons. The van der Waals surface area contributed by atoms with Gasteiger partial charge >= 0.3 is 0 Å². The molecule has 0 aliphatic carbocycles. The second-order valence-corrected chi connectivity index (χ2v) is 8.33. The van der Waals surface area contributed by atoms with Gasteiger partial charge in [-0.05, 0) is 43.7 Å². The number of aliphatic hydroxyl groups is 1. The number of β-amino-alcohol motifs (C(OH)–C–C–N with tert-alkyl or cyclic N) is 1. The Morgan fingerprint density at radius 3 is 2.50 bits per heavy atom. The van der Waals surface area contributed by atoms with Crippen molar-refractivity contribution in [1.29, 1.82) is 0 Å². The number of hydrogen-bond acceptors (Lipinski definition) is 6. The maximum atomic E-state index is 15.3. The fourth-order valence-electron chi connectivity index (χ4n) is 3.81. The number of nitrogens with zero attached hydrogens (tertiary/aromatic N) is 3. The molecule has 0 saturated carbocycles. The molecule has 198 valence electrons. The number of H-pyrrole nitrogens is 1. The minimum absolute atomic E-state index is 0.00938. The van der Waals surface area contributed by atoms with Crippen LogP contribution in [0.3, 0.4) is 0 Å². The highest BCUT2D eigenvalue weighted by Crippen LogP contribution is 2.33. The number of fused-ring (bicyclic) bond motifs is 1. The summed E-state index contributed by atoms with van der Waals surface area (Å²) in [6, 6.07) is 5.89. The van der Waals surface area contributed by atoms with Gasteiger partial charge in [0.2, 0.25) is 0 Å². The smallest absolute Gasteiger partial charge is 0.256 e. The predicted molar refractivity (Wildman–Crippen MR) is 140 cm³/mol. The molecule has 1 aliphatic rings. The molecule has 10 heteroatoms. The number of aryl methyl sites for hydroxylation is 1. The van der Waals surface area contributed by atoms with Gasteiger partial charge in [-0.1, -0.05) is 47.1 Å². The average molecular weight is 505 g/mol. The first-order valence-electron chi connectivity index (χ1n) is 12.6. The number of carbonyl (C=O) groups is 1. The molecule has 36 heavy (non-hydrogen) atoms. The normalized spacial score (nSPS) is 13.8. The van der Waals surface area contributed by atoms with E-state index < -0.39 is 23.1 Å². The number of unbranched alkanes of at least 4 members (excludes halogenated alkanes) is 1. The molecule has 1 aromatic heterocycles. The van der Waals surface area contributed by atoms with Crippen LogP contribution in [0.5, 0.6) is 0 Å². The van der Waals surface area contributed by atoms with Gasteiger partial charge in [0.05, 0.1) is 30.0 Å². The van der Waals surface area contributed by atoms with Crippen molar-refractivity contribution in [2.24, 2.45) is 0 Å². The second kappa shape index (κ2) is 13.3. The molecule has 0 bridgehead atoms. The highest BCUT2D eigenvalue weighted by Gasteiger charge is 2.44. The summed E-state index contributed by atoms with van der Waals surface area (Å²) in [6.07, 6.45) is 2.05. The van der Waals surface area contributed by atoms with Crippen LogP contribution in [0.4, 0.5) is 20.2 Å². The summed E-state index contributed by atoms with van der Waals surface area (Å²) >= 11 is 0. The van der Waals surface area contributed by atoms with E-state index in [9.17, 15) is 14.3 Å². The number of nitrogens with one attached hydrogen (secondary N) is 3. The predicted octanol–water partition coefficient (Wildman–Crippen LogP) is 4.92. The molecule has 8 nitrogen and oxygen atoms in total. The third-order valence-corrected chi connectivity index (χ3v) is 5.59. The molecule has 0 unspecified atom stereocenters. The third-order valence-electron chi connectivity index (χ3n) is 5.59. The standard InChI is InChI=1S/C22H26F2N6O2.2C2H6/c1-3-4-7-25-10-22(32)11-30(12-22)21(31)14-9-17-20(28-29-27-17)18(24)19(14)26-16-6-5-13(2)8-15(16)23;2*1-2/h5-6,8-9,25-26,32H,3-4,7,10-12H2,1-2H3,(H,27,28,29);2*1-2H3. The molecule has 1 fully saturated rings. The first-order chi connectivity index (χ1) is 17.3. The monoisotopic (exact) mass is 504 g/mol. The summed E-state index contributed by atoms with van der Waals surface area (Å²) in [5.74, 6) is -1.86. The van der Waals surface area contributed by atoms with Crippen LogP contribution in [0, 0.1) is 18.6 Å². The number of aromatic nitrogens is 3.